The van der Waals surface area contributed by atoms with Crippen LogP contribution >= 0.6 is 0 Å². The van der Waals surface area contributed by atoms with Crippen molar-refractivity contribution >= 4 is 11.8 Å². The number of esters is 1. The van der Waals surface area contributed by atoms with Crippen LogP contribution in [0.5, 0.6) is 0 Å². The molecule has 86 valence electrons. The van der Waals surface area contributed by atoms with Crippen molar-refractivity contribution in [1.82, 2.24) is 0 Å². The molecule has 6 heteroatoms. The first-order valence-electron chi connectivity index (χ1n) is 4.54. The molecule has 0 rings (SSSR count). The smallest absolute Gasteiger partial charge is 0.349 e. The van der Waals surface area contributed by atoms with E-state index in [-0.39, 0.29) is 24.6 Å². The van der Waals surface area contributed by atoms with Crippen LogP contribution in [0.25, 0.3) is 0 Å². The van der Waals surface area contributed by atoms with E-state index < -0.39 is 11.9 Å². The zero-order chi connectivity index (χ0) is 11.8. The summed E-state index contributed by atoms with van der Waals surface area (Å²) in [5.74, 6) is -1.45. The summed E-state index contributed by atoms with van der Waals surface area (Å²) in [5, 5.41) is 9.40. The highest BCUT2D eigenvalue weighted by Crippen LogP contribution is 2.06. The molecular formula is C9H16N2O4. The van der Waals surface area contributed by atoms with Gasteiger partial charge < -0.3 is 20.3 Å². The molecule has 0 spiro atoms. The van der Waals surface area contributed by atoms with E-state index in [0.29, 0.717) is 0 Å². The molecule has 0 fully saturated rings. The minimum Gasteiger partial charge on any atom is -0.480 e. The lowest BCUT2D eigenvalue weighted by molar-refractivity contribution is -0.138. The third-order valence-corrected chi connectivity index (χ3v) is 1.47. The zero-order valence-corrected chi connectivity index (χ0v) is 9.11. The first kappa shape index (κ1) is 13.3. The number of carbonyl (C=O) groups is 1. The van der Waals surface area contributed by atoms with E-state index in [1.165, 1.54) is 7.05 Å². The van der Waals surface area contributed by atoms with Crippen LogP contribution in [0.1, 0.15) is 13.8 Å². The van der Waals surface area contributed by atoms with Crippen LogP contribution in [0.2, 0.25) is 0 Å². The summed E-state index contributed by atoms with van der Waals surface area (Å²) in [6, 6.07) is 0. The van der Waals surface area contributed by atoms with Crippen LogP contribution in [-0.4, -0.2) is 37.2 Å². The van der Waals surface area contributed by atoms with Crippen molar-refractivity contribution in [3.05, 3.63) is 11.5 Å². The maximum atomic E-state index is 11.4. The molecule has 0 aliphatic carbocycles. The van der Waals surface area contributed by atoms with Crippen molar-refractivity contribution in [3.63, 3.8) is 0 Å². The molecule has 0 aromatic carbocycles. The van der Waals surface area contributed by atoms with Crippen molar-refractivity contribution in [2.75, 3.05) is 20.3 Å². The minimum absolute atomic E-state index is 0.126. The standard InChI is InChI=1S/C9H16N2O4/c1-4-14-8(12)6(7(10)11-3)9(13)15-5-2/h12H,4-5H2,1-3H3,(H2,10,11)/b8-6-. The molecule has 0 amide bonds. The fourth-order valence-corrected chi connectivity index (χ4v) is 0.825. The predicted octanol–water partition coefficient (Wildman–Crippen LogP) is 0.343. The fourth-order valence-electron chi connectivity index (χ4n) is 0.825. The number of hydrogen-bond donors (Lipinski definition) is 2. The molecule has 0 aliphatic rings. The number of ether oxygens (including phenoxy) is 2. The Balaban J connectivity index is 5.05. The number of hydrogen-bond acceptors (Lipinski definition) is 5. The molecule has 3 N–H and O–H groups in total. The molecule has 0 saturated carbocycles. The Morgan fingerprint density at radius 2 is 1.87 bits per heavy atom. The quantitative estimate of drug-likeness (QED) is 0.227. The van der Waals surface area contributed by atoms with Crippen molar-refractivity contribution in [1.29, 1.82) is 0 Å². The number of nitrogens with two attached hydrogens (primary N) is 1. The van der Waals surface area contributed by atoms with Crippen molar-refractivity contribution in [2.24, 2.45) is 10.7 Å². The van der Waals surface area contributed by atoms with Gasteiger partial charge >= 0.3 is 5.97 Å². The normalized spacial score (nSPS) is 13.1. The number of rotatable bonds is 5. The van der Waals surface area contributed by atoms with E-state index in [2.05, 4.69) is 4.99 Å². The molecule has 6 nitrogen and oxygen atoms in total. The SMILES string of the molecule is CCOC(=O)/C(C(N)=NC)=C(/O)OCC. The fraction of sp³-hybridized carbons (Fsp3) is 0.556. The Hall–Kier alpha value is -1.72. The summed E-state index contributed by atoms with van der Waals surface area (Å²) in [5.41, 5.74) is 5.18. The van der Waals surface area contributed by atoms with Crippen molar-refractivity contribution in [3.8, 4) is 0 Å². The van der Waals surface area contributed by atoms with Gasteiger partial charge in [0, 0.05) is 7.05 Å². The lowest BCUT2D eigenvalue weighted by Gasteiger charge is -2.08. The lowest BCUT2D eigenvalue weighted by atomic mass is 10.2. The number of nitrogens with zero attached hydrogens (tertiary/aromatic N) is 1. The average molecular weight is 216 g/mol. The van der Waals surface area contributed by atoms with Crippen molar-refractivity contribution in [2.45, 2.75) is 13.8 Å². The highest BCUT2D eigenvalue weighted by atomic mass is 16.6. The molecule has 15 heavy (non-hydrogen) atoms. The van der Waals surface area contributed by atoms with E-state index in [1.807, 2.05) is 0 Å². The van der Waals surface area contributed by atoms with E-state index in [4.69, 9.17) is 15.2 Å². The average Bonchev–Trinajstić information content (AvgIpc) is 2.18. The second-order valence-electron chi connectivity index (χ2n) is 2.44. The molecule has 0 aliphatic heterocycles. The van der Waals surface area contributed by atoms with Crippen LogP contribution in [0.3, 0.4) is 0 Å². The van der Waals surface area contributed by atoms with E-state index >= 15 is 0 Å². The molecule has 0 saturated heterocycles. The number of aliphatic hydroxyl groups excluding tert-OH is 1. The van der Waals surface area contributed by atoms with Crippen molar-refractivity contribution < 1.29 is 19.4 Å². The lowest BCUT2D eigenvalue weighted by Crippen LogP contribution is -2.25. The molecule has 0 bridgehead atoms. The highest BCUT2D eigenvalue weighted by molar-refractivity contribution is 6.18. The monoisotopic (exact) mass is 216 g/mol. The Kier molecular flexibility index (Phi) is 5.92. The summed E-state index contributed by atoms with van der Waals surface area (Å²) >= 11 is 0. The van der Waals surface area contributed by atoms with Gasteiger partial charge in [-0.3, -0.25) is 4.99 Å². The maximum absolute atomic E-state index is 11.4. The predicted molar refractivity (Wildman–Crippen MR) is 55.5 cm³/mol. The molecule has 0 heterocycles. The van der Waals surface area contributed by atoms with Crippen LogP contribution < -0.4 is 5.73 Å². The van der Waals surface area contributed by atoms with Crippen LogP contribution in [0, 0.1) is 0 Å². The maximum Gasteiger partial charge on any atom is 0.349 e. The summed E-state index contributed by atoms with van der Waals surface area (Å²) in [6.45, 7) is 3.70. The third kappa shape index (κ3) is 3.88. The first-order valence-corrected chi connectivity index (χ1v) is 4.54. The van der Waals surface area contributed by atoms with Gasteiger partial charge in [-0.2, -0.15) is 0 Å². The van der Waals surface area contributed by atoms with Gasteiger partial charge in [0.15, 0.2) is 5.57 Å². The van der Waals surface area contributed by atoms with Gasteiger partial charge in [-0.25, -0.2) is 4.79 Å². The van der Waals surface area contributed by atoms with Gasteiger partial charge in [0.25, 0.3) is 5.95 Å². The second kappa shape index (κ2) is 6.69. The molecule has 0 unspecified atom stereocenters. The molecule has 0 atom stereocenters. The number of carbonyl (C=O) groups excluding carboxylic acids is 1. The van der Waals surface area contributed by atoms with E-state index in [9.17, 15) is 9.90 Å². The first-order chi connectivity index (χ1) is 7.08. The summed E-state index contributed by atoms with van der Waals surface area (Å²) in [6.07, 6.45) is 0. The Morgan fingerprint density at radius 1 is 1.33 bits per heavy atom. The third-order valence-electron chi connectivity index (χ3n) is 1.47. The topological polar surface area (TPSA) is 94.1 Å². The Bertz CT molecular complexity index is 284. The van der Waals surface area contributed by atoms with Crippen LogP contribution in [0.15, 0.2) is 16.5 Å². The minimum atomic E-state index is -0.758. The Labute approximate surface area is 88.4 Å². The van der Waals surface area contributed by atoms with E-state index in [1.54, 1.807) is 13.8 Å². The highest BCUT2D eigenvalue weighted by Gasteiger charge is 2.21. The number of aliphatic imine (C=N–C) groups is 1. The molecule has 0 aromatic rings. The summed E-state index contributed by atoms with van der Waals surface area (Å²) in [4.78, 5) is 15.0. The van der Waals surface area contributed by atoms with Gasteiger partial charge in [-0.15, -0.1) is 0 Å². The number of aliphatic hydroxyl groups is 1. The molecular weight excluding hydrogens is 200 g/mol. The zero-order valence-electron chi connectivity index (χ0n) is 9.11. The largest absolute Gasteiger partial charge is 0.480 e. The van der Waals surface area contributed by atoms with Gasteiger partial charge in [0.2, 0.25) is 0 Å². The summed E-state index contributed by atoms with van der Waals surface area (Å²) < 4.78 is 9.46. The van der Waals surface area contributed by atoms with Gasteiger partial charge in [0.05, 0.1) is 13.2 Å². The van der Waals surface area contributed by atoms with Crippen LogP contribution in [-0.2, 0) is 14.3 Å². The number of amidine groups is 1. The van der Waals surface area contributed by atoms with Crippen LogP contribution in [0.4, 0.5) is 0 Å². The van der Waals surface area contributed by atoms with Gasteiger partial charge in [-0.05, 0) is 13.8 Å². The second-order valence-corrected chi connectivity index (χ2v) is 2.44. The van der Waals surface area contributed by atoms with Gasteiger partial charge in [0.1, 0.15) is 5.84 Å². The molecule has 0 radical (unpaired) electrons. The Morgan fingerprint density at radius 3 is 2.27 bits per heavy atom. The van der Waals surface area contributed by atoms with E-state index in [0.717, 1.165) is 0 Å². The molecule has 0 aromatic heterocycles. The van der Waals surface area contributed by atoms with Gasteiger partial charge in [-0.1, -0.05) is 0 Å². The summed E-state index contributed by atoms with van der Waals surface area (Å²) in [7, 11) is 1.40.